The lowest BCUT2D eigenvalue weighted by atomic mass is 9.88. The molecule has 0 spiro atoms. The van der Waals surface area contributed by atoms with Crippen LogP contribution in [0.4, 0.5) is 5.69 Å². The van der Waals surface area contributed by atoms with E-state index in [1.807, 2.05) is 32.0 Å². The van der Waals surface area contributed by atoms with Crippen molar-refractivity contribution >= 4 is 23.3 Å². The first kappa shape index (κ1) is 22.5. The van der Waals surface area contributed by atoms with Crippen molar-refractivity contribution in [2.75, 3.05) is 18.5 Å². The third-order valence-electron chi connectivity index (χ3n) is 5.56. The Hall–Kier alpha value is -2.77. The molecule has 1 aliphatic carbocycles. The first-order valence-corrected chi connectivity index (χ1v) is 9.97. The van der Waals surface area contributed by atoms with Crippen molar-refractivity contribution in [1.29, 1.82) is 0 Å². The van der Waals surface area contributed by atoms with Gasteiger partial charge in [-0.25, -0.2) is 0 Å². The summed E-state index contributed by atoms with van der Waals surface area (Å²) in [6.07, 6.45) is 1.50. The second-order valence-corrected chi connectivity index (χ2v) is 7.50. The molecular formula is C21H28N2O6. The van der Waals surface area contributed by atoms with Gasteiger partial charge in [0.15, 0.2) is 6.61 Å². The molecule has 3 atom stereocenters. The maximum atomic E-state index is 12.3. The molecule has 0 aliphatic heterocycles. The fourth-order valence-electron chi connectivity index (χ4n) is 3.96. The van der Waals surface area contributed by atoms with Gasteiger partial charge in [0.2, 0.25) is 6.54 Å². The summed E-state index contributed by atoms with van der Waals surface area (Å²) in [7, 11) is 0. The van der Waals surface area contributed by atoms with Gasteiger partial charge in [-0.3, -0.25) is 24.5 Å². The second kappa shape index (κ2) is 10.1. The largest absolute Gasteiger partial charge is 0.456 e. The molecule has 1 saturated carbocycles. The Labute approximate surface area is 170 Å². The number of amides is 1. The Balaban J connectivity index is 1.93. The molecule has 0 heterocycles. The van der Waals surface area contributed by atoms with Crippen LogP contribution in [-0.2, 0) is 32.0 Å². The maximum Gasteiger partial charge on any atom is 0.307 e. The zero-order valence-electron chi connectivity index (χ0n) is 17.1. The van der Waals surface area contributed by atoms with Crippen LogP contribution in [0.25, 0.3) is 0 Å². The maximum absolute atomic E-state index is 12.3. The highest BCUT2D eigenvalue weighted by molar-refractivity contribution is 5.94. The number of benzene rings is 1. The van der Waals surface area contributed by atoms with E-state index in [9.17, 15) is 24.5 Å². The molecule has 2 rings (SSSR count). The first-order chi connectivity index (χ1) is 13.8. The van der Waals surface area contributed by atoms with Crippen molar-refractivity contribution < 1.29 is 24.0 Å². The highest BCUT2D eigenvalue weighted by atomic mass is 16.6. The van der Waals surface area contributed by atoms with Crippen molar-refractivity contribution in [2.45, 2.75) is 46.5 Å². The number of carbonyl (C=O) groups excluding carboxylic acids is 3. The van der Waals surface area contributed by atoms with Gasteiger partial charge in [0, 0.05) is 28.9 Å². The summed E-state index contributed by atoms with van der Waals surface area (Å²) in [5.41, 5.74) is 2.73. The molecule has 0 saturated heterocycles. The summed E-state index contributed by atoms with van der Waals surface area (Å²) in [5.74, 6) is -2.66. The van der Waals surface area contributed by atoms with Crippen LogP contribution < -0.4 is 5.32 Å². The average molecular weight is 404 g/mol. The number of Topliss-reactive ketones (excluding diaryl/α,β-unsaturated/α-hetero) is 1. The number of aryl methyl sites for hydroxylation is 2. The van der Waals surface area contributed by atoms with Crippen molar-refractivity contribution in [1.82, 2.24) is 0 Å². The molecule has 0 unspecified atom stereocenters. The number of hydrogen-bond acceptors (Lipinski definition) is 6. The molecule has 1 N–H and O–H groups in total. The lowest BCUT2D eigenvalue weighted by Gasteiger charge is -2.17. The standard InChI is InChI=1S/C21H28N2O6/c1-4-14-7-6-8-15(5-2)21(14)22-19(25)12-29-20(26)10-16-17(11-23(27)28)13(3)9-18(16)24/h6-8,13,16-17H,4-5,9-12H2,1-3H3,(H,22,25)/t13-,16+,17+/m1/s1. The number of para-hydroxylation sites is 1. The van der Waals surface area contributed by atoms with Crippen LogP contribution in [0.2, 0.25) is 0 Å². The SMILES string of the molecule is CCc1cccc(CC)c1NC(=O)COC(=O)C[C@@H]1C(=O)C[C@@H](C)[C@@H]1C[N+](=O)[O-]. The predicted octanol–water partition coefficient (Wildman–Crippen LogP) is 2.80. The van der Waals surface area contributed by atoms with Crippen molar-refractivity contribution in [2.24, 2.45) is 17.8 Å². The van der Waals surface area contributed by atoms with Crippen LogP contribution in [0.1, 0.15) is 44.7 Å². The molecule has 0 bridgehead atoms. The van der Waals surface area contributed by atoms with Gasteiger partial charge in [-0.05, 0) is 29.9 Å². The Kier molecular flexibility index (Phi) is 7.87. The second-order valence-electron chi connectivity index (χ2n) is 7.50. The van der Waals surface area contributed by atoms with Gasteiger partial charge in [0.05, 0.1) is 6.42 Å². The lowest BCUT2D eigenvalue weighted by molar-refractivity contribution is -0.490. The molecule has 1 aromatic carbocycles. The molecule has 1 aromatic rings. The van der Waals surface area contributed by atoms with Crippen LogP contribution in [0.3, 0.4) is 0 Å². The Morgan fingerprint density at radius 2 is 1.86 bits per heavy atom. The molecule has 0 aromatic heterocycles. The zero-order chi connectivity index (χ0) is 21.6. The van der Waals surface area contributed by atoms with Crippen molar-refractivity contribution in [3.63, 3.8) is 0 Å². The van der Waals surface area contributed by atoms with Gasteiger partial charge in [-0.15, -0.1) is 0 Å². The van der Waals surface area contributed by atoms with Gasteiger partial charge in [0.25, 0.3) is 5.91 Å². The van der Waals surface area contributed by atoms with Gasteiger partial charge < -0.3 is 10.1 Å². The summed E-state index contributed by atoms with van der Waals surface area (Å²) in [5, 5.41) is 13.7. The topological polar surface area (TPSA) is 116 Å². The van der Waals surface area contributed by atoms with Crippen LogP contribution in [-0.4, -0.2) is 35.7 Å². The van der Waals surface area contributed by atoms with E-state index in [4.69, 9.17) is 4.74 Å². The number of nitrogens with zero attached hydrogens (tertiary/aromatic N) is 1. The fourth-order valence-corrected chi connectivity index (χ4v) is 3.96. The molecule has 1 aliphatic rings. The number of ether oxygens (including phenoxy) is 1. The van der Waals surface area contributed by atoms with Crippen LogP contribution >= 0.6 is 0 Å². The number of carbonyl (C=O) groups is 3. The quantitative estimate of drug-likeness (QED) is 0.384. The smallest absolute Gasteiger partial charge is 0.307 e. The molecular weight excluding hydrogens is 376 g/mol. The highest BCUT2D eigenvalue weighted by Gasteiger charge is 2.44. The summed E-state index contributed by atoms with van der Waals surface area (Å²) >= 11 is 0. The van der Waals surface area contributed by atoms with Gasteiger partial charge in [0.1, 0.15) is 5.78 Å². The molecule has 1 fully saturated rings. The van der Waals surface area contributed by atoms with Crippen LogP contribution in [0.5, 0.6) is 0 Å². The lowest BCUT2D eigenvalue weighted by Crippen LogP contribution is -2.28. The van der Waals surface area contributed by atoms with E-state index in [1.54, 1.807) is 6.92 Å². The van der Waals surface area contributed by atoms with E-state index in [-0.39, 0.29) is 31.1 Å². The molecule has 1 amide bonds. The third kappa shape index (κ3) is 5.85. The molecule has 8 nitrogen and oxygen atoms in total. The minimum absolute atomic E-state index is 0.146. The van der Waals surface area contributed by atoms with E-state index < -0.39 is 35.2 Å². The summed E-state index contributed by atoms with van der Waals surface area (Å²) in [4.78, 5) is 47.0. The summed E-state index contributed by atoms with van der Waals surface area (Å²) < 4.78 is 5.05. The number of anilines is 1. The van der Waals surface area contributed by atoms with Crippen molar-refractivity contribution in [3.05, 3.63) is 39.4 Å². The van der Waals surface area contributed by atoms with Crippen molar-refractivity contribution in [3.8, 4) is 0 Å². The monoisotopic (exact) mass is 404 g/mol. The van der Waals surface area contributed by atoms with E-state index in [0.717, 1.165) is 29.7 Å². The van der Waals surface area contributed by atoms with E-state index in [1.165, 1.54) is 0 Å². The molecule has 158 valence electrons. The zero-order valence-corrected chi connectivity index (χ0v) is 17.1. The predicted molar refractivity (Wildman–Crippen MR) is 107 cm³/mol. The number of esters is 1. The van der Waals surface area contributed by atoms with E-state index >= 15 is 0 Å². The molecule has 8 heteroatoms. The molecule has 29 heavy (non-hydrogen) atoms. The molecule has 0 radical (unpaired) electrons. The third-order valence-corrected chi connectivity index (χ3v) is 5.56. The Morgan fingerprint density at radius 1 is 1.24 bits per heavy atom. The minimum atomic E-state index is -0.724. The van der Waals surface area contributed by atoms with Crippen LogP contribution in [0, 0.1) is 27.9 Å². The summed E-state index contributed by atoms with van der Waals surface area (Å²) in [6.45, 7) is 4.95. The Bertz CT molecular complexity index is 769. The number of ketones is 1. The highest BCUT2D eigenvalue weighted by Crippen LogP contribution is 2.36. The Morgan fingerprint density at radius 3 is 2.41 bits per heavy atom. The van der Waals surface area contributed by atoms with Gasteiger partial charge in [-0.1, -0.05) is 39.0 Å². The number of rotatable bonds is 9. The number of nitrogens with one attached hydrogen (secondary N) is 1. The van der Waals surface area contributed by atoms with E-state index in [0.29, 0.717) is 0 Å². The fraction of sp³-hybridized carbons (Fsp3) is 0.571. The van der Waals surface area contributed by atoms with Crippen LogP contribution in [0.15, 0.2) is 18.2 Å². The van der Waals surface area contributed by atoms with Gasteiger partial charge >= 0.3 is 5.97 Å². The van der Waals surface area contributed by atoms with Gasteiger partial charge in [-0.2, -0.15) is 0 Å². The first-order valence-electron chi connectivity index (χ1n) is 9.97. The summed E-state index contributed by atoms with van der Waals surface area (Å²) in [6, 6.07) is 5.81. The number of hydrogen-bond donors (Lipinski definition) is 1. The minimum Gasteiger partial charge on any atom is -0.456 e. The average Bonchev–Trinajstić information content (AvgIpc) is 2.93. The van der Waals surface area contributed by atoms with E-state index in [2.05, 4.69) is 5.32 Å². The normalized spacial score (nSPS) is 21.1. The number of nitro groups is 1.